The molecular weight excluding hydrogens is 190 g/mol. The third kappa shape index (κ3) is 9.37. The largest absolute Gasteiger partial charge is 0.466 e. The molecule has 0 aliphatic carbocycles. The number of rotatable bonds is 7. The molecule has 1 N–H and O–H groups in total. The SMILES string of the molecule is C=C(Cl)CNCCCC(=O)OCC. The first kappa shape index (κ1) is 12.5. The summed E-state index contributed by atoms with van der Waals surface area (Å²) >= 11 is 5.52. The molecule has 0 radical (unpaired) electrons. The van der Waals surface area contributed by atoms with Gasteiger partial charge >= 0.3 is 5.97 Å². The van der Waals surface area contributed by atoms with E-state index in [9.17, 15) is 4.79 Å². The van der Waals surface area contributed by atoms with Gasteiger partial charge in [0.1, 0.15) is 0 Å². The molecule has 0 rings (SSSR count). The highest BCUT2D eigenvalue weighted by Crippen LogP contribution is 1.94. The van der Waals surface area contributed by atoms with Crippen LogP contribution in [0.5, 0.6) is 0 Å². The number of esters is 1. The van der Waals surface area contributed by atoms with Gasteiger partial charge in [-0.2, -0.15) is 0 Å². The number of carbonyl (C=O) groups is 1. The smallest absolute Gasteiger partial charge is 0.305 e. The fourth-order valence-electron chi connectivity index (χ4n) is 0.815. The van der Waals surface area contributed by atoms with Gasteiger partial charge in [-0.25, -0.2) is 0 Å². The van der Waals surface area contributed by atoms with E-state index < -0.39 is 0 Å². The lowest BCUT2D eigenvalue weighted by molar-refractivity contribution is -0.143. The number of nitrogens with one attached hydrogen (secondary N) is 1. The molecule has 0 aliphatic heterocycles. The zero-order valence-electron chi connectivity index (χ0n) is 7.94. The Hall–Kier alpha value is -0.540. The van der Waals surface area contributed by atoms with Gasteiger partial charge in [-0.15, -0.1) is 0 Å². The Kier molecular flexibility index (Phi) is 7.74. The third-order valence-corrected chi connectivity index (χ3v) is 1.49. The molecule has 0 spiro atoms. The highest BCUT2D eigenvalue weighted by Gasteiger charge is 1.99. The Balaban J connectivity index is 3.16. The molecule has 3 nitrogen and oxygen atoms in total. The molecule has 4 heteroatoms. The van der Waals surface area contributed by atoms with Crippen molar-refractivity contribution in [1.82, 2.24) is 5.32 Å². The summed E-state index contributed by atoms with van der Waals surface area (Å²) in [4.78, 5) is 10.8. The van der Waals surface area contributed by atoms with Crippen molar-refractivity contribution in [2.75, 3.05) is 19.7 Å². The molecule has 0 aromatic carbocycles. The van der Waals surface area contributed by atoms with Gasteiger partial charge in [-0.05, 0) is 19.9 Å². The van der Waals surface area contributed by atoms with Crippen LogP contribution in [0.15, 0.2) is 11.6 Å². The Morgan fingerprint density at radius 1 is 1.62 bits per heavy atom. The molecule has 0 saturated carbocycles. The summed E-state index contributed by atoms with van der Waals surface area (Å²) in [6, 6.07) is 0. The van der Waals surface area contributed by atoms with Gasteiger partial charge in [-0.3, -0.25) is 4.79 Å². The Labute approximate surface area is 84.1 Å². The molecule has 13 heavy (non-hydrogen) atoms. The van der Waals surface area contributed by atoms with Crippen molar-refractivity contribution in [3.8, 4) is 0 Å². The maximum atomic E-state index is 10.8. The van der Waals surface area contributed by atoms with Crippen LogP contribution in [0, 0.1) is 0 Å². The number of halogens is 1. The van der Waals surface area contributed by atoms with Crippen LogP contribution < -0.4 is 5.32 Å². The molecule has 0 saturated heterocycles. The first-order chi connectivity index (χ1) is 6.16. The summed E-state index contributed by atoms with van der Waals surface area (Å²) in [7, 11) is 0. The summed E-state index contributed by atoms with van der Waals surface area (Å²) in [5.41, 5.74) is 0. The molecule has 0 fully saturated rings. The number of hydrogen-bond donors (Lipinski definition) is 1. The van der Waals surface area contributed by atoms with E-state index >= 15 is 0 Å². The highest BCUT2D eigenvalue weighted by molar-refractivity contribution is 6.29. The van der Waals surface area contributed by atoms with Crippen LogP contribution >= 0.6 is 11.6 Å². The van der Waals surface area contributed by atoms with Crippen LogP contribution in [0.4, 0.5) is 0 Å². The zero-order chi connectivity index (χ0) is 10.1. The number of hydrogen-bond acceptors (Lipinski definition) is 3. The van der Waals surface area contributed by atoms with E-state index in [4.69, 9.17) is 16.3 Å². The molecule has 0 aromatic rings. The van der Waals surface area contributed by atoms with Crippen molar-refractivity contribution in [2.24, 2.45) is 0 Å². The van der Waals surface area contributed by atoms with Crippen LogP contribution in [-0.4, -0.2) is 25.7 Å². The van der Waals surface area contributed by atoms with Gasteiger partial charge in [0.05, 0.1) is 6.61 Å². The second-order valence-corrected chi connectivity index (χ2v) is 3.14. The predicted octanol–water partition coefficient (Wildman–Crippen LogP) is 1.67. The lowest BCUT2D eigenvalue weighted by Gasteiger charge is -2.03. The second-order valence-electron chi connectivity index (χ2n) is 2.60. The minimum absolute atomic E-state index is 0.144. The van der Waals surface area contributed by atoms with Crippen molar-refractivity contribution in [2.45, 2.75) is 19.8 Å². The Morgan fingerprint density at radius 3 is 2.85 bits per heavy atom. The van der Waals surface area contributed by atoms with E-state index in [0.29, 0.717) is 24.6 Å². The monoisotopic (exact) mass is 205 g/mol. The zero-order valence-corrected chi connectivity index (χ0v) is 8.69. The van der Waals surface area contributed by atoms with Gasteiger partial charge in [0.25, 0.3) is 0 Å². The van der Waals surface area contributed by atoms with E-state index in [1.807, 2.05) is 0 Å². The summed E-state index contributed by atoms with van der Waals surface area (Å²) in [6.07, 6.45) is 1.22. The maximum absolute atomic E-state index is 10.8. The van der Waals surface area contributed by atoms with Crippen molar-refractivity contribution in [3.05, 3.63) is 11.6 Å². The van der Waals surface area contributed by atoms with E-state index in [1.54, 1.807) is 6.92 Å². The van der Waals surface area contributed by atoms with Crippen LogP contribution in [0.2, 0.25) is 0 Å². The molecule has 0 unspecified atom stereocenters. The van der Waals surface area contributed by atoms with Gasteiger partial charge in [0, 0.05) is 18.0 Å². The molecule has 0 aliphatic rings. The summed E-state index contributed by atoms with van der Waals surface area (Å²) in [6.45, 7) is 7.12. The molecule has 0 aromatic heterocycles. The van der Waals surface area contributed by atoms with Gasteiger partial charge in [0.15, 0.2) is 0 Å². The minimum Gasteiger partial charge on any atom is -0.466 e. The van der Waals surface area contributed by atoms with Crippen LogP contribution in [-0.2, 0) is 9.53 Å². The maximum Gasteiger partial charge on any atom is 0.305 e. The number of ether oxygens (including phenoxy) is 1. The quantitative estimate of drug-likeness (QED) is 0.508. The molecular formula is C9H16ClNO2. The van der Waals surface area contributed by atoms with E-state index in [0.717, 1.165) is 13.0 Å². The predicted molar refractivity (Wildman–Crippen MR) is 53.7 cm³/mol. The standard InChI is InChI=1S/C9H16ClNO2/c1-3-13-9(12)5-4-6-11-7-8(2)10/h11H,2-7H2,1H3. The topological polar surface area (TPSA) is 38.3 Å². The second kappa shape index (κ2) is 8.08. The normalized spacial score (nSPS) is 9.69. The van der Waals surface area contributed by atoms with Gasteiger partial charge in [-0.1, -0.05) is 18.2 Å². The first-order valence-corrected chi connectivity index (χ1v) is 4.74. The fourth-order valence-corrected chi connectivity index (χ4v) is 0.909. The summed E-state index contributed by atoms with van der Waals surface area (Å²) in [5.74, 6) is -0.144. The van der Waals surface area contributed by atoms with Crippen molar-refractivity contribution in [1.29, 1.82) is 0 Å². The molecule has 0 heterocycles. The molecule has 76 valence electrons. The third-order valence-electron chi connectivity index (χ3n) is 1.36. The summed E-state index contributed by atoms with van der Waals surface area (Å²) in [5, 5.41) is 3.62. The summed E-state index contributed by atoms with van der Waals surface area (Å²) < 4.78 is 4.76. The Morgan fingerprint density at radius 2 is 2.31 bits per heavy atom. The van der Waals surface area contributed by atoms with Crippen LogP contribution in [0.3, 0.4) is 0 Å². The van der Waals surface area contributed by atoms with Crippen LogP contribution in [0.1, 0.15) is 19.8 Å². The van der Waals surface area contributed by atoms with E-state index in [-0.39, 0.29) is 5.97 Å². The molecule has 0 bridgehead atoms. The van der Waals surface area contributed by atoms with Gasteiger partial charge in [0.2, 0.25) is 0 Å². The van der Waals surface area contributed by atoms with Crippen LogP contribution in [0.25, 0.3) is 0 Å². The lowest BCUT2D eigenvalue weighted by atomic mass is 10.3. The number of carbonyl (C=O) groups excluding carboxylic acids is 1. The average molecular weight is 206 g/mol. The van der Waals surface area contributed by atoms with E-state index in [1.165, 1.54) is 0 Å². The van der Waals surface area contributed by atoms with Crippen molar-refractivity contribution < 1.29 is 9.53 Å². The van der Waals surface area contributed by atoms with E-state index in [2.05, 4.69) is 11.9 Å². The van der Waals surface area contributed by atoms with Crippen molar-refractivity contribution >= 4 is 17.6 Å². The fraction of sp³-hybridized carbons (Fsp3) is 0.667. The molecule has 0 amide bonds. The average Bonchev–Trinajstić information content (AvgIpc) is 2.03. The van der Waals surface area contributed by atoms with Crippen molar-refractivity contribution in [3.63, 3.8) is 0 Å². The molecule has 0 atom stereocenters. The Bertz CT molecular complexity index is 171. The van der Waals surface area contributed by atoms with Gasteiger partial charge < -0.3 is 10.1 Å². The first-order valence-electron chi connectivity index (χ1n) is 4.36. The minimum atomic E-state index is -0.144. The highest BCUT2D eigenvalue weighted by atomic mass is 35.5. The lowest BCUT2D eigenvalue weighted by Crippen LogP contribution is -2.18.